The summed E-state index contributed by atoms with van der Waals surface area (Å²) in [6.45, 7) is 1.35. The Kier molecular flexibility index (Phi) is 5.01. The average molecular weight is 335 g/mol. The fourth-order valence-corrected chi connectivity index (χ4v) is 1.58. The third-order valence-electron chi connectivity index (χ3n) is 1.97. The molecule has 0 aliphatic carbocycles. The first-order valence-electron chi connectivity index (χ1n) is 4.81. The van der Waals surface area contributed by atoms with Crippen LogP contribution in [0.5, 0.6) is 5.75 Å². The quantitative estimate of drug-likeness (QED) is 0.836. The maximum absolute atomic E-state index is 10.8. The molecule has 0 heterocycles. The van der Waals surface area contributed by atoms with Crippen LogP contribution < -0.4 is 4.74 Å². The van der Waals surface area contributed by atoms with Gasteiger partial charge in [0.05, 0.1) is 9.13 Å². The Morgan fingerprint density at radius 1 is 1.50 bits per heavy atom. The first-order chi connectivity index (χ1) is 7.50. The monoisotopic (exact) mass is 335 g/mol. The van der Waals surface area contributed by atoms with Crippen molar-refractivity contribution in [2.45, 2.75) is 0 Å². The fraction of sp³-hybridized carbons (Fsp3) is 0.364. The van der Waals surface area contributed by atoms with E-state index in [-0.39, 0.29) is 5.56 Å². The number of rotatable bonds is 5. The van der Waals surface area contributed by atoms with Gasteiger partial charge in [0.1, 0.15) is 12.4 Å². The maximum atomic E-state index is 10.8. The number of aromatic carboxylic acids is 1. The Labute approximate surface area is 108 Å². The van der Waals surface area contributed by atoms with E-state index in [2.05, 4.69) is 22.6 Å². The van der Waals surface area contributed by atoms with Gasteiger partial charge in [-0.15, -0.1) is 0 Å². The highest BCUT2D eigenvalue weighted by Gasteiger charge is 2.07. The zero-order valence-corrected chi connectivity index (χ0v) is 11.4. The highest BCUT2D eigenvalue weighted by Crippen LogP contribution is 2.22. The lowest BCUT2D eigenvalue weighted by molar-refractivity contribution is 0.0696. The second kappa shape index (κ2) is 6.05. The van der Waals surface area contributed by atoms with E-state index < -0.39 is 5.97 Å². The number of likely N-dealkylation sites (N-methyl/N-ethyl adjacent to an activating group) is 1. The second-order valence-electron chi connectivity index (χ2n) is 3.60. The van der Waals surface area contributed by atoms with Crippen molar-refractivity contribution in [1.82, 2.24) is 4.90 Å². The van der Waals surface area contributed by atoms with Crippen molar-refractivity contribution in [3.05, 3.63) is 27.3 Å². The number of carboxylic acid groups (broad SMARTS) is 1. The number of hydrogen-bond acceptors (Lipinski definition) is 3. The van der Waals surface area contributed by atoms with Crippen molar-refractivity contribution in [3.63, 3.8) is 0 Å². The Hall–Kier alpha value is -0.820. The first kappa shape index (κ1) is 13.2. The number of benzene rings is 1. The summed E-state index contributed by atoms with van der Waals surface area (Å²) in [5.74, 6) is -0.309. The molecular weight excluding hydrogens is 321 g/mol. The molecule has 0 saturated carbocycles. The van der Waals surface area contributed by atoms with Crippen LogP contribution in [0.2, 0.25) is 0 Å². The molecule has 0 spiro atoms. The van der Waals surface area contributed by atoms with Gasteiger partial charge in [0.15, 0.2) is 0 Å². The first-order valence-corrected chi connectivity index (χ1v) is 5.89. The van der Waals surface area contributed by atoms with E-state index in [1.165, 1.54) is 0 Å². The van der Waals surface area contributed by atoms with Gasteiger partial charge in [0, 0.05) is 6.54 Å². The Bertz CT molecular complexity index is 379. The summed E-state index contributed by atoms with van der Waals surface area (Å²) < 4.78 is 6.44. The van der Waals surface area contributed by atoms with E-state index in [4.69, 9.17) is 9.84 Å². The van der Waals surface area contributed by atoms with Gasteiger partial charge in [-0.3, -0.25) is 0 Å². The predicted octanol–water partition coefficient (Wildman–Crippen LogP) is 1.93. The molecule has 88 valence electrons. The molecule has 16 heavy (non-hydrogen) atoms. The van der Waals surface area contributed by atoms with Crippen molar-refractivity contribution in [2.24, 2.45) is 0 Å². The van der Waals surface area contributed by atoms with Crippen LogP contribution in [-0.2, 0) is 0 Å². The molecule has 0 aliphatic heterocycles. The van der Waals surface area contributed by atoms with Crippen LogP contribution in [0.1, 0.15) is 10.4 Å². The lowest BCUT2D eigenvalue weighted by atomic mass is 10.2. The number of hydrogen-bond donors (Lipinski definition) is 1. The van der Waals surface area contributed by atoms with E-state index in [1.54, 1.807) is 18.2 Å². The Morgan fingerprint density at radius 3 is 2.75 bits per heavy atom. The molecule has 1 N–H and O–H groups in total. The van der Waals surface area contributed by atoms with Crippen LogP contribution >= 0.6 is 22.6 Å². The maximum Gasteiger partial charge on any atom is 0.335 e. The van der Waals surface area contributed by atoms with E-state index in [0.29, 0.717) is 12.4 Å². The fourth-order valence-electron chi connectivity index (χ4n) is 1.09. The molecule has 4 nitrogen and oxygen atoms in total. The van der Waals surface area contributed by atoms with Crippen LogP contribution in [-0.4, -0.2) is 43.2 Å². The topological polar surface area (TPSA) is 49.8 Å². The van der Waals surface area contributed by atoms with E-state index >= 15 is 0 Å². The number of nitrogens with zero attached hydrogens (tertiary/aromatic N) is 1. The van der Waals surface area contributed by atoms with Crippen molar-refractivity contribution in [2.75, 3.05) is 27.2 Å². The van der Waals surface area contributed by atoms with Crippen LogP contribution in [0.4, 0.5) is 0 Å². The van der Waals surface area contributed by atoms with Crippen molar-refractivity contribution < 1.29 is 14.6 Å². The lowest BCUT2D eigenvalue weighted by Gasteiger charge is -2.12. The molecule has 0 unspecified atom stereocenters. The minimum Gasteiger partial charge on any atom is -0.491 e. The van der Waals surface area contributed by atoms with E-state index in [9.17, 15) is 4.79 Å². The highest BCUT2D eigenvalue weighted by atomic mass is 127. The van der Waals surface area contributed by atoms with Crippen molar-refractivity contribution in [3.8, 4) is 5.75 Å². The summed E-state index contributed by atoms with van der Waals surface area (Å²) in [5.41, 5.74) is 0.250. The van der Waals surface area contributed by atoms with Crippen LogP contribution in [0.3, 0.4) is 0 Å². The molecular formula is C11H14INO3. The number of carbonyl (C=O) groups is 1. The molecule has 5 heteroatoms. The van der Waals surface area contributed by atoms with Gasteiger partial charge in [-0.1, -0.05) is 0 Å². The minimum atomic E-state index is -0.936. The number of ether oxygens (including phenoxy) is 1. The van der Waals surface area contributed by atoms with Crippen molar-refractivity contribution in [1.29, 1.82) is 0 Å². The molecule has 0 fully saturated rings. The van der Waals surface area contributed by atoms with Gasteiger partial charge in [-0.25, -0.2) is 4.79 Å². The number of halogens is 1. The molecule has 0 saturated heterocycles. The third-order valence-corrected chi connectivity index (χ3v) is 2.87. The standard InChI is InChI=1S/C11H14INO3/c1-13(2)5-6-16-10-7-8(11(14)15)3-4-9(10)12/h3-4,7H,5-6H2,1-2H3,(H,14,15). The summed E-state index contributed by atoms with van der Waals surface area (Å²) in [7, 11) is 3.92. The highest BCUT2D eigenvalue weighted by molar-refractivity contribution is 14.1. The second-order valence-corrected chi connectivity index (χ2v) is 4.76. The minimum absolute atomic E-state index is 0.250. The summed E-state index contributed by atoms with van der Waals surface area (Å²) in [6, 6.07) is 4.87. The van der Waals surface area contributed by atoms with Crippen LogP contribution in [0.25, 0.3) is 0 Å². The number of carboxylic acids is 1. The van der Waals surface area contributed by atoms with Gasteiger partial charge in [-0.2, -0.15) is 0 Å². The SMILES string of the molecule is CN(C)CCOc1cc(C(=O)O)ccc1I. The molecule has 0 atom stereocenters. The van der Waals surface area contributed by atoms with Gasteiger partial charge >= 0.3 is 5.97 Å². The zero-order valence-electron chi connectivity index (χ0n) is 9.24. The Morgan fingerprint density at radius 2 is 2.19 bits per heavy atom. The molecule has 0 aromatic heterocycles. The zero-order chi connectivity index (χ0) is 12.1. The van der Waals surface area contributed by atoms with Gasteiger partial charge in [-0.05, 0) is 54.9 Å². The summed E-state index contributed by atoms with van der Waals surface area (Å²) >= 11 is 2.13. The van der Waals surface area contributed by atoms with E-state index in [0.717, 1.165) is 10.1 Å². The van der Waals surface area contributed by atoms with Crippen LogP contribution in [0, 0.1) is 3.57 Å². The summed E-state index contributed by atoms with van der Waals surface area (Å²) in [6.07, 6.45) is 0. The third kappa shape index (κ3) is 3.97. The average Bonchev–Trinajstić information content (AvgIpc) is 2.20. The molecule has 0 aliphatic rings. The molecule has 1 aromatic rings. The lowest BCUT2D eigenvalue weighted by Crippen LogP contribution is -2.19. The summed E-state index contributed by atoms with van der Waals surface area (Å²) in [5, 5.41) is 8.85. The van der Waals surface area contributed by atoms with Crippen LogP contribution in [0.15, 0.2) is 18.2 Å². The van der Waals surface area contributed by atoms with Gasteiger partial charge in [0.2, 0.25) is 0 Å². The molecule has 0 amide bonds. The Balaban J connectivity index is 2.70. The normalized spacial score (nSPS) is 10.5. The predicted molar refractivity (Wildman–Crippen MR) is 70.2 cm³/mol. The molecule has 1 aromatic carbocycles. The largest absolute Gasteiger partial charge is 0.491 e. The smallest absolute Gasteiger partial charge is 0.335 e. The molecule has 0 bridgehead atoms. The molecule has 0 radical (unpaired) electrons. The van der Waals surface area contributed by atoms with Gasteiger partial charge in [0.25, 0.3) is 0 Å². The van der Waals surface area contributed by atoms with Crippen molar-refractivity contribution >= 4 is 28.6 Å². The van der Waals surface area contributed by atoms with Gasteiger partial charge < -0.3 is 14.7 Å². The molecule has 1 rings (SSSR count). The summed E-state index contributed by atoms with van der Waals surface area (Å²) in [4.78, 5) is 12.8. The van der Waals surface area contributed by atoms with E-state index in [1.807, 2.05) is 19.0 Å².